The van der Waals surface area contributed by atoms with Gasteiger partial charge in [-0.15, -0.1) is 0 Å². The molecule has 2 heteroatoms. The van der Waals surface area contributed by atoms with Gasteiger partial charge in [0.15, 0.2) is 0 Å². The second kappa shape index (κ2) is 2.86. The van der Waals surface area contributed by atoms with Crippen LogP contribution in [0.3, 0.4) is 0 Å². The third kappa shape index (κ3) is 1.59. The number of carbonyl (C=O) groups is 1. The van der Waals surface area contributed by atoms with Crippen LogP contribution in [0.2, 0.25) is 0 Å². The van der Waals surface area contributed by atoms with Crippen molar-refractivity contribution in [3.8, 4) is 0 Å². The summed E-state index contributed by atoms with van der Waals surface area (Å²) in [4.78, 5) is 10.7. The van der Waals surface area contributed by atoms with Gasteiger partial charge in [-0.2, -0.15) is 0 Å². The maximum atomic E-state index is 10.7. The molecule has 1 amide bonds. The third-order valence-electron chi connectivity index (χ3n) is 1.91. The summed E-state index contributed by atoms with van der Waals surface area (Å²) in [6.45, 7) is 5.57. The molecule has 1 aliphatic carbocycles. The van der Waals surface area contributed by atoms with E-state index in [9.17, 15) is 4.79 Å². The van der Waals surface area contributed by atoms with E-state index in [1.165, 1.54) is 6.08 Å². The molecule has 0 spiro atoms. The van der Waals surface area contributed by atoms with Crippen LogP contribution in [0.15, 0.2) is 12.7 Å². The molecule has 0 heterocycles. The summed E-state index contributed by atoms with van der Waals surface area (Å²) in [6.07, 6.45) is 3.57. The minimum Gasteiger partial charge on any atom is -0.350 e. The second-order valence-electron chi connectivity index (χ2n) is 2.99. The molecule has 1 N–H and O–H groups in total. The molecular formula is C8H13NO. The summed E-state index contributed by atoms with van der Waals surface area (Å²) in [6, 6.07) is 0.417. The van der Waals surface area contributed by atoms with Crippen molar-refractivity contribution in [2.75, 3.05) is 0 Å². The lowest BCUT2D eigenvalue weighted by Crippen LogP contribution is -2.42. The fourth-order valence-electron chi connectivity index (χ4n) is 1.28. The van der Waals surface area contributed by atoms with E-state index in [0.29, 0.717) is 6.04 Å². The Morgan fingerprint density at radius 2 is 2.30 bits per heavy atom. The van der Waals surface area contributed by atoms with Crippen molar-refractivity contribution >= 4 is 5.91 Å². The van der Waals surface area contributed by atoms with Gasteiger partial charge in [0.2, 0.25) is 5.91 Å². The molecule has 0 saturated heterocycles. The van der Waals surface area contributed by atoms with Gasteiger partial charge in [0, 0.05) is 6.04 Å². The lowest BCUT2D eigenvalue weighted by atomic mass is 9.82. The fourth-order valence-corrected chi connectivity index (χ4v) is 1.28. The van der Waals surface area contributed by atoms with Gasteiger partial charge in [-0.25, -0.2) is 0 Å². The van der Waals surface area contributed by atoms with Crippen molar-refractivity contribution in [3.63, 3.8) is 0 Å². The van der Waals surface area contributed by atoms with Gasteiger partial charge in [-0.05, 0) is 24.8 Å². The van der Waals surface area contributed by atoms with Crippen LogP contribution in [0, 0.1) is 5.92 Å². The van der Waals surface area contributed by atoms with Gasteiger partial charge >= 0.3 is 0 Å². The average Bonchev–Trinajstić information content (AvgIpc) is 1.84. The molecular weight excluding hydrogens is 126 g/mol. The van der Waals surface area contributed by atoms with Crippen molar-refractivity contribution < 1.29 is 4.79 Å². The Bertz CT molecular complexity index is 147. The first kappa shape index (κ1) is 7.32. The summed E-state index contributed by atoms with van der Waals surface area (Å²) >= 11 is 0. The zero-order valence-corrected chi connectivity index (χ0v) is 6.26. The number of carbonyl (C=O) groups excluding carboxylic acids is 1. The summed E-state index contributed by atoms with van der Waals surface area (Å²) in [7, 11) is 0. The number of rotatable bonds is 2. The minimum atomic E-state index is -0.0445. The fraction of sp³-hybridized carbons (Fsp3) is 0.625. The van der Waals surface area contributed by atoms with Gasteiger partial charge < -0.3 is 5.32 Å². The van der Waals surface area contributed by atoms with Gasteiger partial charge in [0.25, 0.3) is 0 Å². The lowest BCUT2D eigenvalue weighted by molar-refractivity contribution is -0.117. The Morgan fingerprint density at radius 3 is 2.70 bits per heavy atom. The van der Waals surface area contributed by atoms with E-state index in [1.807, 2.05) is 0 Å². The van der Waals surface area contributed by atoms with Crippen LogP contribution in [0.1, 0.15) is 19.8 Å². The SMILES string of the molecule is C=CC(=O)NC1CC(C)C1. The summed E-state index contributed by atoms with van der Waals surface area (Å²) in [5.74, 6) is 0.743. The molecule has 1 fully saturated rings. The zero-order chi connectivity index (χ0) is 7.56. The van der Waals surface area contributed by atoms with E-state index in [-0.39, 0.29) is 5.91 Å². The molecule has 0 aromatic carbocycles. The average molecular weight is 139 g/mol. The van der Waals surface area contributed by atoms with Crippen LogP contribution in [-0.2, 0) is 4.79 Å². The van der Waals surface area contributed by atoms with Crippen LogP contribution in [0.4, 0.5) is 0 Å². The molecule has 56 valence electrons. The van der Waals surface area contributed by atoms with Crippen LogP contribution >= 0.6 is 0 Å². The molecule has 0 atom stereocenters. The molecule has 0 unspecified atom stereocenters. The Labute approximate surface area is 61.3 Å². The van der Waals surface area contributed by atoms with Crippen LogP contribution in [0.25, 0.3) is 0 Å². The van der Waals surface area contributed by atoms with E-state index in [1.54, 1.807) is 0 Å². The molecule has 2 nitrogen and oxygen atoms in total. The molecule has 0 aliphatic heterocycles. The van der Waals surface area contributed by atoms with Crippen molar-refractivity contribution in [1.82, 2.24) is 5.32 Å². The first-order chi connectivity index (χ1) is 4.72. The summed E-state index contributed by atoms with van der Waals surface area (Å²) in [5, 5.41) is 2.84. The maximum Gasteiger partial charge on any atom is 0.243 e. The van der Waals surface area contributed by atoms with Crippen molar-refractivity contribution in [3.05, 3.63) is 12.7 Å². The number of nitrogens with one attached hydrogen (secondary N) is 1. The Morgan fingerprint density at radius 1 is 1.70 bits per heavy atom. The number of hydrogen-bond acceptors (Lipinski definition) is 1. The number of hydrogen-bond donors (Lipinski definition) is 1. The van der Waals surface area contributed by atoms with Gasteiger partial charge in [0.1, 0.15) is 0 Å². The predicted molar refractivity (Wildman–Crippen MR) is 40.5 cm³/mol. The van der Waals surface area contributed by atoms with E-state index >= 15 is 0 Å². The minimum absolute atomic E-state index is 0.0445. The maximum absolute atomic E-state index is 10.7. The number of amides is 1. The van der Waals surface area contributed by atoms with Crippen molar-refractivity contribution in [2.45, 2.75) is 25.8 Å². The standard InChI is InChI=1S/C8H13NO/c1-3-8(10)9-7-4-6(2)5-7/h3,6-7H,1,4-5H2,2H3,(H,9,10). The lowest BCUT2D eigenvalue weighted by Gasteiger charge is -2.32. The van der Waals surface area contributed by atoms with Gasteiger partial charge in [-0.1, -0.05) is 13.5 Å². The molecule has 1 saturated carbocycles. The quantitative estimate of drug-likeness (QED) is 0.570. The van der Waals surface area contributed by atoms with E-state index in [4.69, 9.17) is 0 Å². The Hall–Kier alpha value is -0.790. The molecule has 0 bridgehead atoms. The van der Waals surface area contributed by atoms with E-state index in [2.05, 4.69) is 18.8 Å². The zero-order valence-electron chi connectivity index (χ0n) is 6.26. The Balaban J connectivity index is 2.16. The van der Waals surface area contributed by atoms with Crippen LogP contribution < -0.4 is 5.32 Å². The normalized spacial score (nSPS) is 30.5. The highest BCUT2D eigenvalue weighted by molar-refractivity contribution is 5.87. The topological polar surface area (TPSA) is 29.1 Å². The highest BCUT2D eigenvalue weighted by Crippen LogP contribution is 2.25. The largest absolute Gasteiger partial charge is 0.350 e. The third-order valence-corrected chi connectivity index (χ3v) is 1.91. The van der Waals surface area contributed by atoms with E-state index in [0.717, 1.165) is 18.8 Å². The first-order valence-corrected chi connectivity index (χ1v) is 3.65. The van der Waals surface area contributed by atoms with Crippen molar-refractivity contribution in [2.24, 2.45) is 5.92 Å². The molecule has 1 rings (SSSR count). The second-order valence-corrected chi connectivity index (χ2v) is 2.99. The monoisotopic (exact) mass is 139 g/mol. The molecule has 10 heavy (non-hydrogen) atoms. The summed E-state index contributed by atoms with van der Waals surface area (Å²) in [5.41, 5.74) is 0. The van der Waals surface area contributed by atoms with Gasteiger partial charge in [-0.3, -0.25) is 4.79 Å². The molecule has 0 aromatic heterocycles. The van der Waals surface area contributed by atoms with Crippen LogP contribution in [0.5, 0.6) is 0 Å². The smallest absolute Gasteiger partial charge is 0.243 e. The molecule has 0 radical (unpaired) electrons. The molecule has 0 aromatic rings. The highest BCUT2D eigenvalue weighted by atomic mass is 16.1. The summed E-state index contributed by atoms with van der Waals surface area (Å²) < 4.78 is 0. The van der Waals surface area contributed by atoms with Crippen LogP contribution in [-0.4, -0.2) is 11.9 Å². The highest BCUT2D eigenvalue weighted by Gasteiger charge is 2.25. The van der Waals surface area contributed by atoms with E-state index < -0.39 is 0 Å². The first-order valence-electron chi connectivity index (χ1n) is 3.65. The van der Waals surface area contributed by atoms with Crippen molar-refractivity contribution in [1.29, 1.82) is 0 Å². The Kier molecular flexibility index (Phi) is 2.10. The molecule has 1 aliphatic rings. The predicted octanol–water partition coefficient (Wildman–Crippen LogP) is 1.09. The van der Waals surface area contributed by atoms with Gasteiger partial charge in [0.05, 0.1) is 0 Å².